The molecule has 144 valence electrons. The Labute approximate surface area is 170 Å². The van der Waals surface area contributed by atoms with E-state index in [9.17, 15) is 0 Å². The van der Waals surface area contributed by atoms with Gasteiger partial charge in [-0.05, 0) is 66.8 Å². The quantitative estimate of drug-likeness (QED) is 0.429. The van der Waals surface area contributed by atoms with Crippen molar-refractivity contribution in [1.82, 2.24) is 0 Å². The first kappa shape index (κ1) is 21.2. The van der Waals surface area contributed by atoms with Crippen LogP contribution in [0.5, 0.6) is 0 Å². The summed E-state index contributed by atoms with van der Waals surface area (Å²) in [6, 6.07) is 22.3. The van der Waals surface area contributed by atoms with Crippen molar-refractivity contribution in [3.63, 3.8) is 0 Å². The molecule has 0 aliphatic heterocycles. The molecule has 0 N–H and O–H groups in total. The van der Waals surface area contributed by atoms with Crippen LogP contribution in [-0.2, 0) is 0 Å². The second-order valence-corrected chi connectivity index (χ2v) is 15.3. The summed E-state index contributed by atoms with van der Waals surface area (Å²) >= 11 is 0. The standard InChI is InChI=1S/C24H33P3/c1-23(2)20(18-26(5)21-12-8-6-9-13-21)16-17-24(23,3)19-27(25-4)22-14-10-7-11-15-22/h6-15,20H,4,16-19H2,1-3,5H3. The van der Waals surface area contributed by atoms with Crippen LogP contribution in [-0.4, -0.2) is 25.3 Å². The molecule has 0 radical (unpaired) electrons. The second kappa shape index (κ2) is 8.87. The van der Waals surface area contributed by atoms with E-state index >= 15 is 0 Å². The number of benzene rings is 2. The van der Waals surface area contributed by atoms with Crippen molar-refractivity contribution < 1.29 is 0 Å². The Morgan fingerprint density at radius 3 is 2.07 bits per heavy atom. The second-order valence-electron chi connectivity index (χ2n) is 8.77. The molecule has 3 rings (SSSR count). The van der Waals surface area contributed by atoms with Crippen molar-refractivity contribution in [1.29, 1.82) is 0 Å². The fourth-order valence-corrected chi connectivity index (χ4v) is 11.1. The van der Waals surface area contributed by atoms with Gasteiger partial charge in [0, 0.05) is 0 Å². The lowest BCUT2D eigenvalue weighted by Crippen LogP contribution is -2.38. The summed E-state index contributed by atoms with van der Waals surface area (Å²) in [6.45, 7) is 10.1. The first-order chi connectivity index (χ1) is 12.9. The van der Waals surface area contributed by atoms with E-state index in [1.807, 2.05) is 0 Å². The normalized spacial score (nSPS) is 26.7. The zero-order chi connectivity index (χ0) is 19.5. The Balaban J connectivity index is 1.74. The third kappa shape index (κ3) is 4.56. The van der Waals surface area contributed by atoms with Gasteiger partial charge in [-0.2, -0.15) is 0 Å². The molecule has 2 aromatic rings. The van der Waals surface area contributed by atoms with Gasteiger partial charge >= 0.3 is 0 Å². The third-order valence-electron chi connectivity index (χ3n) is 7.04. The van der Waals surface area contributed by atoms with E-state index in [2.05, 4.69) is 94.4 Å². The van der Waals surface area contributed by atoms with Crippen LogP contribution in [0, 0.1) is 16.7 Å². The smallest absolute Gasteiger partial charge is 0.0150 e. The Kier molecular flexibility index (Phi) is 6.96. The number of hydrogen-bond donors (Lipinski definition) is 0. The van der Waals surface area contributed by atoms with Gasteiger partial charge in [0.25, 0.3) is 0 Å². The summed E-state index contributed by atoms with van der Waals surface area (Å²) in [4.78, 5) is 0. The molecule has 4 unspecified atom stereocenters. The molecule has 0 spiro atoms. The molecule has 0 heterocycles. The maximum Gasteiger partial charge on any atom is -0.0150 e. The van der Waals surface area contributed by atoms with Crippen molar-refractivity contribution in [3.05, 3.63) is 60.7 Å². The van der Waals surface area contributed by atoms with Crippen LogP contribution in [0.1, 0.15) is 33.6 Å². The van der Waals surface area contributed by atoms with E-state index in [0.717, 1.165) is 5.92 Å². The lowest BCUT2D eigenvalue weighted by molar-refractivity contribution is 0.122. The van der Waals surface area contributed by atoms with E-state index in [1.165, 1.54) is 38.4 Å². The average molecular weight is 414 g/mol. The molecule has 1 saturated carbocycles. The first-order valence-corrected chi connectivity index (χ1v) is 15.2. The molecule has 2 aromatic carbocycles. The molecule has 4 atom stereocenters. The average Bonchev–Trinajstić information content (AvgIpc) is 2.91. The Morgan fingerprint density at radius 2 is 1.52 bits per heavy atom. The van der Waals surface area contributed by atoms with Gasteiger partial charge in [0.05, 0.1) is 0 Å². The van der Waals surface area contributed by atoms with Crippen LogP contribution in [0.4, 0.5) is 0 Å². The minimum atomic E-state index is -0.188. The highest BCUT2D eigenvalue weighted by Crippen LogP contribution is 2.64. The van der Waals surface area contributed by atoms with Crippen LogP contribution in [0.3, 0.4) is 0 Å². The Bertz CT molecular complexity index is 741. The Hall–Kier alpha value is -0.530. The van der Waals surface area contributed by atoms with E-state index in [1.54, 1.807) is 5.30 Å². The lowest BCUT2D eigenvalue weighted by atomic mass is 9.67. The molecule has 1 aliphatic carbocycles. The maximum atomic E-state index is 4.29. The van der Waals surface area contributed by atoms with Gasteiger partial charge in [0.15, 0.2) is 0 Å². The molecule has 0 aromatic heterocycles. The molecule has 0 nitrogen and oxygen atoms in total. The molecule has 0 saturated heterocycles. The van der Waals surface area contributed by atoms with Crippen molar-refractivity contribution in [2.45, 2.75) is 33.6 Å². The molecular formula is C24H33P3. The highest BCUT2D eigenvalue weighted by Gasteiger charge is 2.51. The summed E-state index contributed by atoms with van der Waals surface area (Å²) in [5.41, 5.74) is 0.801. The van der Waals surface area contributed by atoms with Gasteiger partial charge < -0.3 is 0 Å². The van der Waals surface area contributed by atoms with Crippen molar-refractivity contribution >= 4 is 40.3 Å². The van der Waals surface area contributed by atoms with Gasteiger partial charge in [-0.25, -0.2) is 0 Å². The van der Waals surface area contributed by atoms with E-state index in [4.69, 9.17) is 0 Å². The topological polar surface area (TPSA) is 0 Å². The van der Waals surface area contributed by atoms with E-state index in [0.29, 0.717) is 10.8 Å². The lowest BCUT2D eigenvalue weighted by Gasteiger charge is -2.44. The summed E-state index contributed by atoms with van der Waals surface area (Å²) in [5.74, 6) is 0.827. The minimum absolute atomic E-state index is 0.0632. The Morgan fingerprint density at radius 1 is 0.963 bits per heavy atom. The highest BCUT2D eigenvalue weighted by molar-refractivity contribution is 8.23. The van der Waals surface area contributed by atoms with Crippen molar-refractivity contribution in [3.8, 4) is 0 Å². The van der Waals surface area contributed by atoms with Crippen LogP contribution in [0.15, 0.2) is 60.7 Å². The number of rotatable bonds is 7. The fraction of sp³-hybridized carbons (Fsp3) is 0.458. The highest BCUT2D eigenvalue weighted by atomic mass is 32.0. The molecular weight excluding hydrogens is 381 g/mol. The summed E-state index contributed by atoms with van der Waals surface area (Å²) < 4.78 is 0. The SMILES string of the molecule is C=PP(CC1(C)CCC(CP(C)c2ccccc2)C1(C)C)c1ccccc1. The largest absolute Gasteiger partial charge is 0.0790 e. The number of hydrogen-bond acceptors (Lipinski definition) is 0. The summed E-state index contributed by atoms with van der Waals surface area (Å²) in [6.07, 6.45) is 9.73. The van der Waals surface area contributed by atoms with Crippen LogP contribution < -0.4 is 10.6 Å². The van der Waals surface area contributed by atoms with Gasteiger partial charge in [-0.3, -0.25) is 0 Å². The van der Waals surface area contributed by atoms with E-state index in [-0.39, 0.29) is 15.5 Å². The predicted molar refractivity (Wildman–Crippen MR) is 130 cm³/mol. The molecule has 1 aliphatic rings. The molecule has 0 amide bonds. The van der Waals surface area contributed by atoms with Gasteiger partial charge in [-0.1, -0.05) is 104 Å². The molecule has 1 fully saturated rings. The minimum Gasteiger partial charge on any atom is -0.0790 e. The fourth-order valence-electron chi connectivity index (χ4n) is 4.54. The van der Waals surface area contributed by atoms with Gasteiger partial charge in [0.2, 0.25) is 0 Å². The van der Waals surface area contributed by atoms with Crippen LogP contribution >= 0.6 is 23.4 Å². The van der Waals surface area contributed by atoms with Crippen molar-refractivity contribution in [2.24, 2.45) is 16.7 Å². The van der Waals surface area contributed by atoms with Crippen LogP contribution in [0.25, 0.3) is 0 Å². The van der Waals surface area contributed by atoms with Gasteiger partial charge in [0.1, 0.15) is 0 Å². The van der Waals surface area contributed by atoms with Crippen LogP contribution in [0.2, 0.25) is 0 Å². The molecule has 27 heavy (non-hydrogen) atoms. The van der Waals surface area contributed by atoms with Gasteiger partial charge in [-0.15, -0.1) is 0 Å². The monoisotopic (exact) mass is 414 g/mol. The summed E-state index contributed by atoms with van der Waals surface area (Å²) in [7, 11) is 1.07. The molecule has 3 heteroatoms. The third-order valence-corrected chi connectivity index (χ3v) is 13.6. The zero-order valence-corrected chi connectivity index (χ0v) is 19.9. The van der Waals surface area contributed by atoms with E-state index < -0.39 is 0 Å². The molecule has 0 bridgehead atoms. The predicted octanol–water partition coefficient (Wildman–Crippen LogP) is 6.97. The van der Waals surface area contributed by atoms with Crippen molar-refractivity contribution in [2.75, 3.05) is 19.0 Å². The zero-order valence-electron chi connectivity index (χ0n) is 17.2. The first-order valence-electron chi connectivity index (χ1n) is 9.93. The maximum absolute atomic E-state index is 4.29. The summed E-state index contributed by atoms with van der Waals surface area (Å²) in [5, 5.41) is 3.08.